The maximum atomic E-state index is 13.2. The molecule has 0 aliphatic carbocycles. The van der Waals surface area contributed by atoms with Gasteiger partial charge in [0.15, 0.2) is 0 Å². The van der Waals surface area contributed by atoms with Crippen LogP contribution in [0.5, 0.6) is 0 Å². The van der Waals surface area contributed by atoms with Crippen molar-refractivity contribution in [2.75, 3.05) is 16.8 Å². The number of para-hydroxylation sites is 1. The minimum absolute atomic E-state index is 0.00650. The van der Waals surface area contributed by atoms with Crippen LogP contribution < -0.4 is 10.2 Å². The molecule has 5 heteroatoms. The van der Waals surface area contributed by atoms with Gasteiger partial charge in [0.05, 0.1) is 5.69 Å². The van der Waals surface area contributed by atoms with E-state index in [4.69, 9.17) is 0 Å². The number of rotatable bonds is 5. The summed E-state index contributed by atoms with van der Waals surface area (Å²) in [5, 5.41) is 2.94. The lowest BCUT2D eigenvalue weighted by Gasteiger charge is -2.22. The summed E-state index contributed by atoms with van der Waals surface area (Å²) in [6, 6.07) is 25.7. The molecule has 1 aliphatic heterocycles. The fourth-order valence-electron chi connectivity index (χ4n) is 3.57. The van der Waals surface area contributed by atoms with Gasteiger partial charge in [-0.1, -0.05) is 61.5 Å². The molecule has 2 amide bonds. The summed E-state index contributed by atoms with van der Waals surface area (Å²) >= 11 is 1.68. The van der Waals surface area contributed by atoms with Gasteiger partial charge in [-0.3, -0.25) is 9.59 Å². The number of amides is 2. The fraction of sp³-hybridized carbons (Fsp3) is 0.200. The van der Waals surface area contributed by atoms with Gasteiger partial charge in [0.25, 0.3) is 0 Å². The Balaban J connectivity index is 1.55. The SMILES string of the molecule is CCc1ccc(NC(=O)CN2C(=O)C[C@H](c3ccccc3)Sc3ccccc32)cc1. The van der Waals surface area contributed by atoms with Crippen LogP contribution in [-0.2, 0) is 16.0 Å². The second-order valence-corrected chi connectivity index (χ2v) is 8.51. The van der Waals surface area contributed by atoms with Crippen LogP contribution in [0.2, 0.25) is 0 Å². The number of nitrogens with one attached hydrogen (secondary N) is 1. The number of anilines is 2. The zero-order valence-electron chi connectivity index (χ0n) is 16.9. The molecule has 1 aliphatic rings. The Kier molecular flexibility index (Phi) is 6.19. The standard InChI is InChI=1S/C25H24N2O2S/c1-2-18-12-14-20(15-13-18)26-24(28)17-27-21-10-6-7-11-22(21)30-23(16-25(27)29)19-8-4-3-5-9-19/h3-15,23H,2,16-17H2,1H3,(H,26,28)/t23-/m1/s1. The molecule has 0 saturated heterocycles. The van der Waals surface area contributed by atoms with Crippen molar-refractivity contribution in [2.45, 2.75) is 29.9 Å². The third-order valence-corrected chi connectivity index (χ3v) is 6.53. The van der Waals surface area contributed by atoms with Gasteiger partial charge in [-0.05, 0) is 41.8 Å². The molecule has 0 spiro atoms. The number of thioether (sulfide) groups is 1. The molecule has 0 radical (unpaired) electrons. The average Bonchev–Trinajstić information content (AvgIpc) is 2.91. The Bertz CT molecular complexity index is 1030. The predicted octanol–water partition coefficient (Wildman–Crippen LogP) is 5.46. The number of nitrogens with zero attached hydrogens (tertiary/aromatic N) is 1. The highest BCUT2D eigenvalue weighted by Crippen LogP contribution is 2.45. The molecule has 0 bridgehead atoms. The molecule has 0 aromatic heterocycles. The highest BCUT2D eigenvalue weighted by atomic mass is 32.2. The third-order valence-electron chi connectivity index (χ3n) is 5.21. The van der Waals surface area contributed by atoms with E-state index in [1.807, 2.05) is 66.7 Å². The average molecular weight is 417 g/mol. The van der Waals surface area contributed by atoms with Gasteiger partial charge >= 0.3 is 0 Å². The first-order valence-electron chi connectivity index (χ1n) is 10.1. The summed E-state index contributed by atoms with van der Waals surface area (Å²) in [6.45, 7) is 2.09. The first-order valence-corrected chi connectivity index (χ1v) is 11.0. The smallest absolute Gasteiger partial charge is 0.244 e. The molecule has 1 heterocycles. The normalized spacial score (nSPS) is 16.0. The largest absolute Gasteiger partial charge is 0.325 e. The van der Waals surface area contributed by atoms with Gasteiger partial charge in [0.2, 0.25) is 11.8 Å². The molecule has 1 atom stereocenters. The minimum Gasteiger partial charge on any atom is -0.325 e. The number of benzene rings is 3. The predicted molar refractivity (Wildman–Crippen MR) is 123 cm³/mol. The third kappa shape index (κ3) is 4.57. The van der Waals surface area contributed by atoms with Crippen molar-refractivity contribution in [1.82, 2.24) is 0 Å². The Morgan fingerprint density at radius 1 is 1.00 bits per heavy atom. The van der Waals surface area contributed by atoms with Crippen molar-refractivity contribution in [3.63, 3.8) is 0 Å². The Morgan fingerprint density at radius 2 is 1.70 bits per heavy atom. The van der Waals surface area contributed by atoms with Crippen LogP contribution in [-0.4, -0.2) is 18.4 Å². The van der Waals surface area contributed by atoms with E-state index >= 15 is 0 Å². The first-order chi connectivity index (χ1) is 14.6. The van der Waals surface area contributed by atoms with E-state index < -0.39 is 0 Å². The molecule has 0 saturated carbocycles. The Hall–Kier alpha value is -3.05. The fourth-order valence-corrected chi connectivity index (χ4v) is 4.85. The molecule has 0 unspecified atom stereocenters. The lowest BCUT2D eigenvalue weighted by Crippen LogP contribution is -2.38. The Labute approximate surface area is 181 Å². The maximum absolute atomic E-state index is 13.2. The van der Waals surface area contributed by atoms with Crippen molar-refractivity contribution in [3.8, 4) is 0 Å². The van der Waals surface area contributed by atoms with Crippen molar-refractivity contribution >= 4 is 35.0 Å². The highest BCUT2D eigenvalue weighted by Gasteiger charge is 2.30. The van der Waals surface area contributed by atoms with Gasteiger partial charge in [0.1, 0.15) is 6.54 Å². The maximum Gasteiger partial charge on any atom is 0.244 e. The number of carbonyl (C=O) groups excluding carboxylic acids is 2. The van der Waals surface area contributed by atoms with Crippen LogP contribution in [0.15, 0.2) is 83.8 Å². The van der Waals surface area contributed by atoms with E-state index in [2.05, 4.69) is 24.4 Å². The summed E-state index contributed by atoms with van der Waals surface area (Å²) in [7, 11) is 0. The van der Waals surface area contributed by atoms with E-state index in [0.717, 1.165) is 28.3 Å². The summed E-state index contributed by atoms with van der Waals surface area (Å²) < 4.78 is 0. The molecule has 0 fully saturated rings. The highest BCUT2D eigenvalue weighted by molar-refractivity contribution is 7.99. The molecular weight excluding hydrogens is 392 g/mol. The topological polar surface area (TPSA) is 49.4 Å². The van der Waals surface area contributed by atoms with Crippen LogP contribution in [0.25, 0.3) is 0 Å². The molecule has 3 aromatic carbocycles. The van der Waals surface area contributed by atoms with Gasteiger partial charge in [-0.2, -0.15) is 0 Å². The molecule has 4 nitrogen and oxygen atoms in total. The summed E-state index contributed by atoms with van der Waals surface area (Å²) in [6.07, 6.45) is 1.30. The molecule has 152 valence electrons. The quantitative estimate of drug-likeness (QED) is 0.601. The van der Waals surface area contributed by atoms with Crippen molar-refractivity contribution < 1.29 is 9.59 Å². The van der Waals surface area contributed by atoms with E-state index in [9.17, 15) is 9.59 Å². The molecule has 1 N–H and O–H groups in total. The zero-order valence-corrected chi connectivity index (χ0v) is 17.7. The van der Waals surface area contributed by atoms with Crippen molar-refractivity contribution in [1.29, 1.82) is 0 Å². The van der Waals surface area contributed by atoms with Crippen LogP contribution in [0.1, 0.15) is 29.7 Å². The Morgan fingerprint density at radius 3 is 2.43 bits per heavy atom. The van der Waals surface area contributed by atoms with Gasteiger partial charge < -0.3 is 10.2 Å². The summed E-state index contributed by atoms with van der Waals surface area (Å²) in [4.78, 5) is 28.5. The monoisotopic (exact) mass is 416 g/mol. The van der Waals surface area contributed by atoms with Gasteiger partial charge in [-0.25, -0.2) is 0 Å². The number of carbonyl (C=O) groups is 2. The van der Waals surface area contributed by atoms with Gasteiger partial charge in [0, 0.05) is 22.3 Å². The molecular formula is C25H24N2O2S. The van der Waals surface area contributed by atoms with Crippen LogP contribution in [0.4, 0.5) is 11.4 Å². The lowest BCUT2D eigenvalue weighted by atomic mass is 10.1. The zero-order chi connectivity index (χ0) is 20.9. The van der Waals surface area contributed by atoms with Crippen molar-refractivity contribution in [3.05, 3.63) is 90.0 Å². The lowest BCUT2D eigenvalue weighted by molar-refractivity contribution is -0.121. The number of aryl methyl sites for hydroxylation is 1. The second kappa shape index (κ2) is 9.18. The number of hydrogen-bond acceptors (Lipinski definition) is 3. The molecule has 3 aromatic rings. The van der Waals surface area contributed by atoms with Crippen molar-refractivity contribution in [2.24, 2.45) is 0 Å². The summed E-state index contributed by atoms with van der Waals surface area (Å²) in [5.41, 5.74) is 3.87. The molecule has 4 rings (SSSR count). The van der Waals surface area contributed by atoms with E-state index in [0.29, 0.717) is 6.42 Å². The van der Waals surface area contributed by atoms with Gasteiger partial charge in [-0.15, -0.1) is 11.8 Å². The number of hydrogen-bond donors (Lipinski definition) is 1. The van der Waals surface area contributed by atoms with Crippen LogP contribution in [0, 0.1) is 0 Å². The van der Waals surface area contributed by atoms with E-state index in [1.165, 1.54) is 5.56 Å². The summed E-state index contributed by atoms with van der Waals surface area (Å²) in [5.74, 6) is -0.247. The number of fused-ring (bicyclic) bond motifs is 1. The van der Waals surface area contributed by atoms with E-state index in [1.54, 1.807) is 16.7 Å². The van der Waals surface area contributed by atoms with E-state index in [-0.39, 0.29) is 23.6 Å². The minimum atomic E-state index is -0.203. The van der Waals surface area contributed by atoms with Crippen LogP contribution >= 0.6 is 11.8 Å². The molecule has 30 heavy (non-hydrogen) atoms. The van der Waals surface area contributed by atoms with Crippen LogP contribution in [0.3, 0.4) is 0 Å². The first kappa shape index (κ1) is 20.2. The second-order valence-electron chi connectivity index (χ2n) is 7.27.